The maximum Gasteiger partial charge on any atom is 0.178 e. The van der Waals surface area contributed by atoms with Gasteiger partial charge in [0.15, 0.2) is 5.78 Å². The minimum Gasteiger partial charge on any atom is -0.347 e. The highest BCUT2D eigenvalue weighted by Crippen LogP contribution is 2.27. The largest absolute Gasteiger partial charge is 0.347 e. The second-order valence-electron chi connectivity index (χ2n) is 4.12. The van der Waals surface area contributed by atoms with Crippen LogP contribution in [0.3, 0.4) is 0 Å². The van der Waals surface area contributed by atoms with Crippen molar-refractivity contribution in [1.29, 1.82) is 0 Å². The summed E-state index contributed by atoms with van der Waals surface area (Å²) in [4.78, 5) is 11.8. The molecule has 16 heavy (non-hydrogen) atoms. The second kappa shape index (κ2) is 3.76. The fourth-order valence-corrected chi connectivity index (χ4v) is 2.29. The number of aryl methyl sites for hydroxylation is 2. The first-order valence-corrected chi connectivity index (χ1v) is 5.35. The molecule has 1 aromatic carbocycles. The van der Waals surface area contributed by atoms with Gasteiger partial charge in [-0.3, -0.25) is 4.79 Å². The number of carbonyl (C=O) groups excluding carboxylic acids is 1. The summed E-state index contributed by atoms with van der Waals surface area (Å²) < 4.78 is 2.06. The van der Waals surface area contributed by atoms with Crippen LogP contribution in [-0.2, 0) is 7.05 Å². The Kier molecular flexibility index (Phi) is 2.56. The lowest BCUT2D eigenvalue weighted by molar-refractivity contribution is 0.100. The van der Waals surface area contributed by atoms with E-state index in [1.165, 1.54) is 5.56 Å². The summed E-state index contributed by atoms with van der Waals surface area (Å²) in [6, 6.07) is 6.01. The Labute approximate surface area is 94.9 Å². The first-order valence-electron chi connectivity index (χ1n) is 5.35. The summed E-state index contributed by atoms with van der Waals surface area (Å²) in [6.45, 7) is 4.08. The average Bonchev–Trinajstić information content (AvgIpc) is 2.52. The number of hydrogen-bond donors (Lipinski definition) is 1. The number of benzene rings is 1. The highest BCUT2D eigenvalue weighted by molar-refractivity contribution is 6.10. The van der Waals surface area contributed by atoms with Crippen LogP contribution in [0, 0.1) is 13.8 Å². The van der Waals surface area contributed by atoms with E-state index in [-0.39, 0.29) is 12.3 Å². The van der Waals surface area contributed by atoms with Crippen LogP contribution in [0.25, 0.3) is 10.9 Å². The molecule has 0 aliphatic rings. The predicted octanol–water partition coefficient (Wildman–Crippen LogP) is 1.94. The van der Waals surface area contributed by atoms with Crippen LogP contribution in [0.5, 0.6) is 0 Å². The molecule has 84 valence electrons. The van der Waals surface area contributed by atoms with Gasteiger partial charge in [0.25, 0.3) is 0 Å². The Hall–Kier alpha value is -1.61. The van der Waals surface area contributed by atoms with E-state index >= 15 is 0 Å². The van der Waals surface area contributed by atoms with Crippen LogP contribution in [0.15, 0.2) is 18.2 Å². The van der Waals surface area contributed by atoms with Gasteiger partial charge in [0.2, 0.25) is 0 Å². The van der Waals surface area contributed by atoms with Crippen molar-refractivity contribution in [3.8, 4) is 0 Å². The van der Waals surface area contributed by atoms with Crippen LogP contribution >= 0.6 is 0 Å². The van der Waals surface area contributed by atoms with Crippen molar-refractivity contribution in [3.05, 3.63) is 35.0 Å². The van der Waals surface area contributed by atoms with Gasteiger partial charge in [-0.1, -0.05) is 18.2 Å². The summed E-state index contributed by atoms with van der Waals surface area (Å²) in [5, 5.41) is 1.01. The molecule has 0 unspecified atom stereocenters. The summed E-state index contributed by atoms with van der Waals surface area (Å²) in [5.41, 5.74) is 9.51. The molecule has 2 N–H and O–H groups in total. The molecular formula is C13H16N2O. The second-order valence-corrected chi connectivity index (χ2v) is 4.12. The quantitative estimate of drug-likeness (QED) is 0.780. The van der Waals surface area contributed by atoms with Crippen molar-refractivity contribution in [2.24, 2.45) is 12.8 Å². The third-order valence-electron chi connectivity index (χ3n) is 3.17. The smallest absolute Gasteiger partial charge is 0.178 e. The number of nitrogens with two attached hydrogens (primary N) is 1. The minimum atomic E-state index is 0.00806. The molecular weight excluding hydrogens is 200 g/mol. The molecule has 0 fully saturated rings. The molecule has 0 aliphatic heterocycles. The molecule has 0 saturated heterocycles. The third-order valence-corrected chi connectivity index (χ3v) is 3.17. The zero-order valence-electron chi connectivity index (χ0n) is 9.87. The number of para-hydroxylation sites is 1. The highest BCUT2D eigenvalue weighted by Gasteiger charge is 2.17. The van der Waals surface area contributed by atoms with Gasteiger partial charge in [-0.2, -0.15) is 0 Å². The van der Waals surface area contributed by atoms with Crippen molar-refractivity contribution in [2.75, 3.05) is 6.54 Å². The Morgan fingerprint density at radius 3 is 2.69 bits per heavy atom. The van der Waals surface area contributed by atoms with Gasteiger partial charge in [-0.15, -0.1) is 0 Å². The fraction of sp³-hybridized carbons (Fsp3) is 0.308. The molecule has 3 heteroatoms. The standard InChI is InChI=1S/C13H16N2O/c1-8-5-4-6-10-12(11(16)7-14)9(2)15(3)13(8)10/h4-6H,7,14H2,1-3H3. The first kappa shape index (κ1) is 10.9. The van der Waals surface area contributed by atoms with Crippen LogP contribution < -0.4 is 5.73 Å². The van der Waals surface area contributed by atoms with Gasteiger partial charge in [0, 0.05) is 23.7 Å². The van der Waals surface area contributed by atoms with E-state index in [0.717, 1.165) is 22.2 Å². The monoisotopic (exact) mass is 216 g/mol. The zero-order chi connectivity index (χ0) is 11.9. The number of hydrogen-bond acceptors (Lipinski definition) is 2. The molecule has 3 nitrogen and oxygen atoms in total. The molecule has 0 aliphatic carbocycles. The number of fused-ring (bicyclic) bond motifs is 1. The zero-order valence-corrected chi connectivity index (χ0v) is 9.87. The summed E-state index contributed by atoms with van der Waals surface area (Å²) in [5.74, 6) is 0.00806. The summed E-state index contributed by atoms with van der Waals surface area (Å²) in [6.07, 6.45) is 0. The third kappa shape index (κ3) is 1.36. The van der Waals surface area contributed by atoms with Gasteiger partial charge >= 0.3 is 0 Å². The molecule has 0 saturated carbocycles. The van der Waals surface area contributed by atoms with Crippen molar-refractivity contribution in [3.63, 3.8) is 0 Å². The summed E-state index contributed by atoms with van der Waals surface area (Å²) in [7, 11) is 1.98. The van der Waals surface area contributed by atoms with E-state index in [0.29, 0.717) is 0 Å². The molecule has 0 amide bonds. The fourth-order valence-electron chi connectivity index (χ4n) is 2.29. The molecule has 1 heterocycles. The van der Waals surface area contributed by atoms with E-state index < -0.39 is 0 Å². The lowest BCUT2D eigenvalue weighted by Gasteiger charge is -2.01. The SMILES string of the molecule is Cc1cccc2c(C(=O)CN)c(C)n(C)c12. The van der Waals surface area contributed by atoms with E-state index in [1.807, 2.05) is 26.1 Å². The lowest BCUT2D eigenvalue weighted by Crippen LogP contribution is -2.14. The number of ketones is 1. The Balaban J connectivity index is 2.90. The van der Waals surface area contributed by atoms with Gasteiger partial charge in [0.1, 0.15) is 0 Å². The Morgan fingerprint density at radius 1 is 1.38 bits per heavy atom. The molecule has 2 aromatic rings. The van der Waals surface area contributed by atoms with Gasteiger partial charge in [-0.25, -0.2) is 0 Å². The van der Waals surface area contributed by atoms with Crippen LogP contribution in [-0.4, -0.2) is 16.9 Å². The summed E-state index contributed by atoms with van der Waals surface area (Å²) >= 11 is 0. The lowest BCUT2D eigenvalue weighted by atomic mass is 10.1. The maximum atomic E-state index is 11.8. The van der Waals surface area contributed by atoms with E-state index in [1.54, 1.807) is 0 Å². The number of rotatable bonds is 2. The van der Waals surface area contributed by atoms with Crippen molar-refractivity contribution in [2.45, 2.75) is 13.8 Å². The van der Waals surface area contributed by atoms with Gasteiger partial charge < -0.3 is 10.3 Å². The van der Waals surface area contributed by atoms with E-state index in [4.69, 9.17) is 5.73 Å². The maximum absolute atomic E-state index is 11.8. The average molecular weight is 216 g/mol. The molecule has 0 radical (unpaired) electrons. The van der Waals surface area contributed by atoms with Gasteiger partial charge in [0.05, 0.1) is 12.1 Å². The van der Waals surface area contributed by atoms with Crippen molar-refractivity contribution >= 4 is 16.7 Å². The molecule has 0 atom stereocenters. The molecule has 0 spiro atoms. The molecule has 1 aromatic heterocycles. The van der Waals surface area contributed by atoms with E-state index in [9.17, 15) is 4.79 Å². The Morgan fingerprint density at radius 2 is 2.06 bits per heavy atom. The van der Waals surface area contributed by atoms with Gasteiger partial charge in [-0.05, 0) is 19.4 Å². The van der Waals surface area contributed by atoms with Crippen molar-refractivity contribution in [1.82, 2.24) is 4.57 Å². The highest BCUT2D eigenvalue weighted by atomic mass is 16.1. The molecule has 0 bridgehead atoms. The number of nitrogens with zero attached hydrogens (tertiary/aromatic N) is 1. The normalized spacial score (nSPS) is 11.0. The first-order chi connectivity index (χ1) is 7.57. The van der Waals surface area contributed by atoms with Crippen LogP contribution in [0.1, 0.15) is 21.6 Å². The Bertz CT molecular complexity index is 567. The number of aromatic nitrogens is 1. The van der Waals surface area contributed by atoms with Crippen LogP contribution in [0.4, 0.5) is 0 Å². The van der Waals surface area contributed by atoms with E-state index in [2.05, 4.69) is 17.6 Å². The topological polar surface area (TPSA) is 48.0 Å². The van der Waals surface area contributed by atoms with Crippen molar-refractivity contribution < 1.29 is 4.79 Å². The predicted molar refractivity (Wildman–Crippen MR) is 65.8 cm³/mol. The minimum absolute atomic E-state index is 0.00806. The number of carbonyl (C=O) groups is 1. The van der Waals surface area contributed by atoms with Crippen LogP contribution in [0.2, 0.25) is 0 Å². The molecule has 2 rings (SSSR count). The number of Topliss-reactive ketones (excluding diaryl/α,β-unsaturated/α-hetero) is 1.